The summed E-state index contributed by atoms with van der Waals surface area (Å²) >= 11 is 5.94. The van der Waals surface area contributed by atoms with Crippen LogP contribution in [-0.4, -0.2) is 18.6 Å². The molecule has 1 amide bonds. The Morgan fingerprint density at radius 1 is 1.38 bits per heavy atom. The van der Waals surface area contributed by atoms with Crippen molar-refractivity contribution >= 4 is 17.5 Å². The number of benzene rings is 1. The number of nitrogens with one attached hydrogen (secondary N) is 1. The Balaban J connectivity index is 2.89. The van der Waals surface area contributed by atoms with Crippen LogP contribution in [0.25, 0.3) is 0 Å². The van der Waals surface area contributed by atoms with Crippen LogP contribution < -0.4 is 10.1 Å². The largest absolute Gasteiger partial charge is 0.495 e. The molecular formula is C12H16ClNO2. The lowest BCUT2D eigenvalue weighted by Gasteiger charge is -2.20. The highest BCUT2D eigenvalue weighted by atomic mass is 35.5. The molecule has 16 heavy (non-hydrogen) atoms. The maximum absolute atomic E-state index is 11.8. The average molecular weight is 242 g/mol. The summed E-state index contributed by atoms with van der Waals surface area (Å²) in [5, 5.41) is 3.30. The highest BCUT2D eigenvalue weighted by Gasteiger charge is 2.16. The third kappa shape index (κ3) is 3.42. The Hall–Kier alpha value is -1.22. The van der Waals surface area contributed by atoms with Crippen LogP contribution in [0, 0.1) is 0 Å². The monoisotopic (exact) mass is 241 g/mol. The fraction of sp³-hybridized carbons (Fsp3) is 0.417. The molecule has 0 spiro atoms. The second-order valence-electron chi connectivity index (χ2n) is 4.55. The van der Waals surface area contributed by atoms with Crippen LogP contribution in [0.4, 0.5) is 0 Å². The Kier molecular flexibility index (Phi) is 3.81. The molecule has 0 radical (unpaired) electrons. The van der Waals surface area contributed by atoms with Crippen molar-refractivity contribution < 1.29 is 9.53 Å². The van der Waals surface area contributed by atoms with Gasteiger partial charge in [-0.15, -0.1) is 0 Å². The van der Waals surface area contributed by atoms with E-state index in [4.69, 9.17) is 16.3 Å². The average Bonchev–Trinajstić information content (AvgIpc) is 2.15. The molecule has 0 aliphatic carbocycles. The van der Waals surface area contributed by atoms with Crippen molar-refractivity contribution in [2.75, 3.05) is 7.11 Å². The topological polar surface area (TPSA) is 38.3 Å². The lowest BCUT2D eigenvalue weighted by Crippen LogP contribution is -2.40. The first kappa shape index (κ1) is 12.8. The summed E-state index contributed by atoms with van der Waals surface area (Å²) in [5.74, 6) is 0.422. The van der Waals surface area contributed by atoms with Gasteiger partial charge in [-0.05, 0) is 39.0 Å². The van der Waals surface area contributed by atoms with E-state index >= 15 is 0 Å². The van der Waals surface area contributed by atoms with Gasteiger partial charge in [-0.1, -0.05) is 11.6 Å². The quantitative estimate of drug-likeness (QED) is 0.865. The van der Waals surface area contributed by atoms with Crippen LogP contribution in [0.5, 0.6) is 5.75 Å². The van der Waals surface area contributed by atoms with E-state index in [-0.39, 0.29) is 11.4 Å². The molecule has 0 aliphatic heterocycles. The number of hydrogen-bond donors (Lipinski definition) is 1. The lowest BCUT2D eigenvalue weighted by atomic mass is 10.1. The zero-order valence-corrected chi connectivity index (χ0v) is 10.7. The van der Waals surface area contributed by atoms with Gasteiger partial charge in [-0.3, -0.25) is 4.79 Å². The van der Waals surface area contributed by atoms with E-state index in [1.54, 1.807) is 18.2 Å². The minimum absolute atomic E-state index is 0.142. The standard InChI is InChI=1S/C12H16ClNO2/c1-12(2,3)14-11(15)8-5-6-10(16-4)9(13)7-8/h5-7H,1-4H3,(H,14,15). The van der Waals surface area contributed by atoms with Gasteiger partial charge in [-0.2, -0.15) is 0 Å². The van der Waals surface area contributed by atoms with Crippen molar-refractivity contribution in [3.8, 4) is 5.75 Å². The highest BCUT2D eigenvalue weighted by molar-refractivity contribution is 6.32. The van der Waals surface area contributed by atoms with Gasteiger partial charge in [-0.25, -0.2) is 0 Å². The van der Waals surface area contributed by atoms with Crippen LogP contribution in [-0.2, 0) is 0 Å². The summed E-state index contributed by atoms with van der Waals surface area (Å²) in [6.07, 6.45) is 0. The molecule has 0 aliphatic rings. The Labute approximate surface area is 101 Å². The number of halogens is 1. The van der Waals surface area contributed by atoms with E-state index in [1.807, 2.05) is 20.8 Å². The van der Waals surface area contributed by atoms with Crippen molar-refractivity contribution in [2.24, 2.45) is 0 Å². The molecule has 0 unspecified atom stereocenters. The lowest BCUT2D eigenvalue weighted by molar-refractivity contribution is 0.0919. The van der Waals surface area contributed by atoms with E-state index in [9.17, 15) is 4.79 Å². The molecule has 1 rings (SSSR count). The SMILES string of the molecule is COc1ccc(C(=O)NC(C)(C)C)cc1Cl. The highest BCUT2D eigenvalue weighted by Crippen LogP contribution is 2.25. The van der Waals surface area contributed by atoms with Gasteiger partial charge >= 0.3 is 0 Å². The molecule has 0 saturated carbocycles. The molecule has 1 N–H and O–H groups in total. The first-order valence-corrected chi connectivity index (χ1v) is 5.37. The van der Waals surface area contributed by atoms with Crippen LogP contribution >= 0.6 is 11.6 Å². The van der Waals surface area contributed by atoms with Crippen LogP contribution in [0.15, 0.2) is 18.2 Å². The maximum Gasteiger partial charge on any atom is 0.251 e. The molecule has 1 aromatic carbocycles. The van der Waals surface area contributed by atoms with E-state index in [1.165, 1.54) is 7.11 Å². The second kappa shape index (κ2) is 4.74. The first-order chi connectivity index (χ1) is 7.33. The van der Waals surface area contributed by atoms with Gasteiger partial charge in [0, 0.05) is 11.1 Å². The van der Waals surface area contributed by atoms with Gasteiger partial charge in [0.05, 0.1) is 12.1 Å². The molecule has 4 heteroatoms. The fourth-order valence-corrected chi connectivity index (χ4v) is 1.48. The van der Waals surface area contributed by atoms with Gasteiger partial charge < -0.3 is 10.1 Å². The van der Waals surface area contributed by atoms with Crippen molar-refractivity contribution in [3.63, 3.8) is 0 Å². The van der Waals surface area contributed by atoms with E-state index < -0.39 is 0 Å². The molecule has 0 aromatic heterocycles. The number of ether oxygens (including phenoxy) is 1. The van der Waals surface area contributed by atoms with Crippen molar-refractivity contribution in [3.05, 3.63) is 28.8 Å². The van der Waals surface area contributed by atoms with Gasteiger partial charge in [0.2, 0.25) is 0 Å². The molecule has 3 nitrogen and oxygen atoms in total. The summed E-state index contributed by atoms with van der Waals surface area (Å²) in [6.45, 7) is 5.78. The third-order valence-electron chi connectivity index (χ3n) is 1.90. The van der Waals surface area contributed by atoms with Crippen LogP contribution in [0.3, 0.4) is 0 Å². The minimum Gasteiger partial charge on any atom is -0.495 e. The first-order valence-electron chi connectivity index (χ1n) is 4.99. The van der Waals surface area contributed by atoms with Crippen molar-refractivity contribution in [1.29, 1.82) is 0 Å². The van der Waals surface area contributed by atoms with E-state index in [2.05, 4.69) is 5.32 Å². The van der Waals surface area contributed by atoms with Crippen molar-refractivity contribution in [1.82, 2.24) is 5.32 Å². The molecule has 0 fully saturated rings. The van der Waals surface area contributed by atoms with Crippen LogP contribution in [0.2, 0.25) is 5.02 Å². The predicted molar refractivity (Wildman–Crippen MR) is 65.2 cm³/mol. The number of amides is 1. The summed E-state index contributed by atoms with van der Waals surface area (Å²) < 4.78 is 5.02. The van der Waals surface area contributed by atoms with Gasteiger partial charge in [0.15, 0.2) is 0 Å². The second-order valence-corrected chi connectivity index (χ2v) is 4.96. The number of carbonyl (C=O) groups is 1. The Morgan fingerprint density at radius 3 is 2.44 bits per heavy atom. The normalized spacial score (nSPS) is 11.1. The molecule has 0 bridgehead atoms. The zero-order chi connectivity index (χ0) is 12.3. The van der Waals surface area contributed by atoms with E-state index in [0.29, 0.717) is 16.3 Å². The summed E-state index contributed by atoms with van der Waals surface area (Å²) in [4.78, 5) is 11.8. The molecule has 0 atom stereocenters. The fourth-order valence-electron chi connectivity index (χ4n) is 1.22. The zero-order valence-electron chi connectivity index (χ0n) is 9.93. The number of carbonyl (C=O) groups excluding carboxylic acids is 1. The number of methoxy groups -OCH3 is 1. The molecule has 0 heterocycles. The molecule has 1 aromatic rings. The number of hydrogen-bond acceptors (Lipinski definition) is 2. The third-order valence-corrected chi connectivity index (χ3v) is 2.20. The Morgan fingerprint density at radius 2 is 2.00 bits per heavy atom. The van der Waals surface area contributed by atoms with Gasteiger partial charge in [0.25, 0.3) is 5.91 Å². The van der Waals surface area contributed by atoms with Gasteiger partial charge in [0.1, 0.15) is 5.75 Å². The van der Waals surface area contributed by atoms with Crippen LogP contribution in [0.1, 0.15) is 31.1 Å². The molecule has 88 valence electrons. The Bertz CT molecular complexity index is 396. The summed E-state index contributed by atoms with van der Waals surface area (Å²) in [5.41, 5.74) is 0.268. The maximum atomic E-state index is 11.8. The minimum atomic E-state index is -0.260. The van der Waals surface area contributed by atoms with E-state index in [0.717, 1.165) is 0 Å². The molecular weight excluding hydrogens is 226 g/mol. The number of rotatable bonds is 2. The van der Waals surface area contributed by atoms with Crippen molar-refractivity contribution in [2.45, 2.75) is 26.3 Å². The predicted octanol–water partition coefficient (Wildman–Crippen LogP) is 2.88. The summed E-state index contributed by atoms with van der Waals surface area (Å²) in [6, 6.07) is 4.97. The smallest absolute Gasteiger partial charge is 0.251 e. The summed E-state index contributed by atoms with van der Waals surface area (Å²) in [7, 11) is 1.54. The molecule has 0 saturated heterocycles.